The molecular weight excluding hydrogens is 256 g/mol. The average molecular weight is 274 g/mol. The minimum absolute atomic E-state index is 0.00826. The summed E-state index contributed by atoms with van der Waals surface area (Å²) in [6, 6.07) is 5.65. The lowest BCUT2D eigenvalue weighted by molar-refractivity contribution is 0.0689. The van der Waals surface area contributed by atoms with Crippen LogP contribution in [0.2, 0.25) is 0 Å². The van der Waals surface area contributed by atoms with Crippen LogP contribution in [0.5, 0.6) is 0 Å². The van der Waals surface area contributed by atoms with Gasteiger partial charge in [-0.05, 0) is 49.6 Å². The molecular formula is C15H18N2O3. The summed E-state index contributed by atoms with van der Waals surface area (Å²) in [4.78, 5) is 11.1. The number of carbonyl (C=O) groups is 1. The molecule has 1 aromatic carbocycles. The van der Waals surface area contributed by atoms with Crippen molar-refractivity contribution in [3.63, 3.8) is 0 Å². The van der Waals surface area contributed by atoms with E-state index in [1.807, 2.05) is 26.8 Å². The van der Waals surface area contributed by atoms with Crippen LogP contribution in [0.3, 0.4) is 0 Å². The maximum atomic E-state index is 11.1. The van der Waals surface area contributed by atoms with Gasteiger partial charge in [-0.2, -0.15) is 5.10 Å². The molecule has 0 aliphatic rings. The average Bonchev–Trinajstić information content (AvgIpc) is 2.78. The van der Waals surface area contributed by atoms with Crippen molar-refractivity contribution in [1.29, 1.82) is 0 Å². The van der Waals surface area contributed by atoms with E-state index in [1.165, 1.54) is 5.56 Å². The first-order chi connectivity index (χ1) is 9.43. The van der Waals surface area contributed by atoms with Crippen LogP contribution < -0.4 is 0 Å². The molecule has 5 heteroatoms. The van der Waals surface area contributed by atoms with Crippen LogP contribution in [-0.2, 0) is 6.54 Å². The first-order valence-corrected chi connectivity index (χ1v) is 6.44. The lowest BCUT2D eigenvalue weighted by atomic mass is 9.98. The van der Waals surface area contributed by atoms with Crippen molar-refractivity contribution in [2.45, 2.75) is 27.3 Å². The molecule has 0 saturated carbocycles. The first kappa shape index (κ1) is 14.3. The highest BCUT2D eigenvalue weighted by molar-refractivity contribution is 5.87. The third kappa shape index (κ3) is 2.58. The Morgan fingerprint density at radius 3 is 2.40 bits per heavy atom. The molecule has 0 fully saturated rings. The Kier molecular flexibility index (Phi) is 3.90. The van der Waals surface area contributed by atoms with Crippen molar-refractivity contribution in [2.24, 2.45) is 0 Å². The SMILES string of the molecule is Cc1cc(C)c(-c2cc(C(=O)O)nn2CCO)cc1C. The number of carboxylic acids is 1. The van der Waals surface area contributed by atoms with E-state index in [4.69, 9.17) is 10.2 Å². The summed E-state index contributed by atoms with van der Waals surface area (Å²) >= 11 is 0. The monoisotopic (exact) mass is 274 g/mol. The molecule has 0 saturated heterocycles. The Labute approximate surface area is 117 Å². The molecule has 5 nitrogen and oxygen atoms in total. The first-order valence-electron chi connectivity index (χ1n) is 6.44. The second-order valence-corrected chi connectivity index (χ2v) is 4.92. The Bertz CT molecular complexity index is 659. The molecule has 0 atom stereocenters. The molecule has 0 aliphatic carbocycles. The van der Waals surface area contributed by atoms with Gasteiger partial charge < -0.3 is 10.2 Å². The van der Waals surface area contributed by atoms with E-state index < -0.39 is 5.97 Å². The highest BCUT2D eigenvalue weighted by Crippen LogP contribution is 2.27. The minimum atomic E-state index is -1.07. The van der Waals surface area contributed by atoms with Gasteiger partial charge in [-0.3, -0.25) is 4.68 Å². The van der Waals surface area contributed by atoms with E-state index in [0.717, 1.165) is 22.4 Å². The molecule has 2 rings (SSSR count). The van der Waals surface area contributed by atoms with Crippen molar-refractivity contribution in [3.8, 4) is 11.3 Å². The summed E-state index contributed by atoms with van der Waals surface area (Å²) in [6.07, 6.45) is 0. The number of hydrogen-bond acceptors (Lipinski definition) is 3. The standard InChI is InChI=1S/C15H18N2O3/c1-9-6-11(3)12(7-10(9)2)14-8-13(15(19)20)16-17(14)4-5-18/h6-8,18H,4-5H2,1-3H3,(H,19,20). The predicted molar refractivity (Wildman–Crippen MR) is 75.9 cm³/mol. The van der Waals surface area contributed by atoms with Gasteiger partial charge in [0.15, 0.2) is 5.69 Å². The molecule has 1 aromatic heterocycles. The smallest absolute Gasteiger partial charge is 0.356 e. The summed E-state index contributed by atoms with van der Waals surface area (Å²) in [5.41, 5.74) is 5.05. The van der Waals surface area contributed by atoms with E-state index in [0.29, 0.717) is 0 Å². The molecule has 0 radical (unpaired) electrons. The van der Waals surface area contributed by atoms with Crippen molar-refractivity contribution in [2.75, 3.05) is 6.61 Å². The molecule has 1 heterocycles. The van der Waals surface area contributed by atoms with Gasteiger partial charge in [0.25, 0.3) is 0 Å². The van der Waals surface area contributed by atoms with Gasteiger partial charge in [-0.1, -0.05) is 6.07 Å². The third-order valence-electron chi connectivity index (χ3n) is 3.43. The normalized spacial score (nSPS) is 10.8. The molecule has 20 heavy (non-hydrogen) atoms. The number of aryl methyl sites for hydroxylation is 3. The number of aromatic carboxylic acids is 1. The van der Waals surface area contributed by atoms with Crippen LogP contribution in [0.25, 0.3) is 11.3 Å². The van der Waals surface area contributed by atoms with Crippen LogP contribution in [0.15, 0.2) is 18.2 Å². The van der Waals surface area contributed by atoms with Gasteiger partial charge in [0.2, 0.25) is 0 Å². The Balaban J connectivity index is 2.61. The number of aromatic nitrogens is 2. The third-order valence-corrected chi connectivity index (χ3v) is 3.43. The van der Waals surface area contributed by atoms with Gasteiger partial charge in [0.1, 0.15) is 0 Å². The van der Waals surface area contributed by atoms with Gasteiger partial charge in [0.05, 0.1) is 18.8 Å². The lowest BCUT2D eigenvalue weighted by Crippen LogP contribution is -2.08. The topological polar surface area (TPSA) is 75.3 Å². The number of nitrogens with zero attached hydrogens (tertiary/aromatic N) is 2. The van der Waals surface area contributed by atoms with Crippen LogP contribution in [0, 0.1) is 20.8 Å². The second kappa shape index (κ2) is 5.46. The highest BCUT2D eigenvalue weighted by atomic mass is 16.4. The molecule has 2 aromatic rings. The zero-order valence-electron chi connectivity index (χ0n) is 11.8. The molecule has 2 N–H and O–H groups in total. The van der Waals surface area contributed by atoms with Gasteiger partial charge in [0, 0.05) is 5.56 Å². The molecule has 0 amide bonds. The summed E-state index contributed by atoms with van der Waals surface area (Å²) in [5, 5.41) is 22.2. The van der Waals surface area contributed by atoms with Crippen molar-refractivity contribution < 1.29 is 15.0 Å². The molecule has 0 bridgehead atoms. The van der Waals surface area contributed by atoms with Crippen LogP contribution in [0.1, 0.15) is 27.2 Å². The summed E-state index contributed by atoms with van der Waals surface area (Å²) in [5.74, 6) is -1.07. The van der Waals surface area contributed by atoms with Crippen LogP contribution in [-0.4, -0.2) is 32.6 Å². The second-order valence-electron chi connectivity index (χ2n) is 4.92. The zero-order valence-corrected chi connectivity index (χ0v) is 11.8. The fourth-order valence-corrected chi connectivity index (χ4v) is 2.24. The number of rotatable bonds is 4. The number of benzene rings is 1. The van der Waals surface area contributed by atoms with E-state index in [-0.39, 0.29) is 18.8 Å². The van der Waals surface area contributed by atoms with Crippen molar-refractivity contribution in [3.05, 3.63) is 40.6 Å². The van der Waals surface area contributed by atoms with Crippen LogP contribution >= 0.6 is 0 Å². The largest absolute Gasteiger partial charge is 0.476 e. The Hall–Kier alpha value is -2.14. The summed E-state index contributed by atoms with van der Waals surface area (Å²) < 4.78 is 1.54. The lowest BCUT2D eigenvalue weighted by Gasteiger charge is -2.11. The fourth-order valence-electron chi connectivity index (χ4n) is 2.24. The van der Waals surface area contributed by atoms with Gasteiger partial charge in [-0.15, -0.1) is 0 Å². The number of aliphatic hydroxyl groups excluding tert-OH is 1. The predicted octanol–water partition coefficient (Wildman–Crippen LogP) is 2.17. The Morgan fingerprint density at radius 2 is 1.80 bits per heavy atom. The molecule has 0 unspecified atom stereocenters. The maximum Gasteiger partial charge on any atom is 0.356 e. The van der Waals surface area contributed by atoms with Crippen LogP contribution in [0.4, 0.5) is 0 Å². The number of carboxylic acid groups (broad SMARTS) is 1. The molecule has 0 spiro atoms. The van der Waals surface area contributed by atoms with Crippen molar-refractivity contribution >= 4 is 5.97 Å². The Morgan fingerprint density at radius 1 is 1.15 bits per heavy atom. The quantitative estimate of drug-likeness (QED) is 0.896. The number of hydrogen-bond donors (Lipinski definition) is 2. The molecule has 106 valence electrons. The van der Waals surface area contributed by atoms with Crippen molar-refractivity contribution in [1.82, 2.24) is 9.78 Å². The van der Waals surface area contributed by atoms with E-state index in [2.05, 4.69) is 11.2 Å². The van der Waals surface area contributed by atoms with Gasteiger partial charge in [-0.25, -0.2) is 4.79 Å². The fraction of sp³-hybridized carbons (Fsp3) is 0.333. The summed E-state index contributed by atoms with van der Waals surface area (Å²) in [7, 11) is 0. The highest BCUT2D eigenvalue weighted by Gasteiger charge is 2.16. The number of aliphatic hydroxyl groups is 1. The zero-order chi connectivity index (χ0) is 14.9. The minimum Gasteiger partial charge on any atom is -0.476 e. The summed E-state index contributed by atoms with van der Waals surface area (Å²) in [6.45, 7) is 6.23. The van der Waals surface area contributed by atoms with Gasteiger partial charge >= 0.3 is 5.97 Å². The van der Waals surface area contributed by atoms with E-state index >= 15 is 0 Å². The maximum absolute atomic E-state index is 11.1. The van der Waals surface area contributed by atoms with E-state index in [9.17, 15) is 4.79 Å². The molecule has 0 aliphatic heterocycles. The van der Waals surface area contributed by atoms with E-state index in [1.54, 1.807) is 10.7 Å².